The van der Waals surface area contributed by atoms with E-state index in [1.54, 1.807) is 0 Å². The number of halogens is 1. The summed E-state index contributed by atoms with van der Waals surface area (Å²) in [5.74, 6) is 0.0857. The molecule has 0 saturated carbocycles. The molecule has 4 heteroatoms. The van der Waals surface area contributed by atoms with Gasteiger partial charge < -0.3 is 10.1 Å². The minimum Gasteiger partial charge on any atom is -0.449 e. The van der Waals surface area contributed by atoms with Crippen LogP contribution in [-0.4, -0.2) is 19.2 Å². The second-order valence-corrected chi connectivity index (χ2v) is 8.25. The molecule has 3 nitrogen and oxygen atoms in total. The highest BCUT2D eigenvalue weighted by Crippen LogP contribution is 2.44. The Labute approximate surface area is 185 Å². The maximum Gasteiger partial charge on any atom is 0.407 e. The van der Waals surface area contributed by atoms with Gasteiger partial charge in [-0.05, 0) is 52.8 Å². The van der Waals surface area contributed by atoms with Crippen LogP contribution in [-0.2, 0) is 4.74 Å². The fourth-order valence-electron chi connectivity index (χ4n) is 3.92. The maximum atomic E-state index is 12.2. The van der Waals surface area contributed by atoms with E-state index in [1.165, 1.54) is 33.4 Å². The van der Waals surface area contributed by atoms with E-state index in [9.17, 15) is 4.79 Å². The molecule has 1 N–H and O–H groups in total. The number of rotatable bonds is 6. The van der Waals surface area contributed by atoms with Gasteiger partial charge in [-0.15, -0.1) is 0 Å². The van der Waals surface area contributed by atoms with E-state index in [4.69, 9.17) is 4.74 Å². The van der Waals surface area contributed by atoms with Crippen molar-refractivity contribution >= 4 is 28.1 Å². The summed E-state index contributed by atoms with van der Waals surface area (Å²) in [6.07, 6.45) is 4.53. The first-order valence-electron chi connectivity index (χ1n) is 10.2. The smallest absolute Gasteiger partial charge is 0.407 e. The van der Waals surface area contributed by atoms with E-state index >= 15 is 0 Å². The number of amides is 1. The van der Waals surface area contributed by atoms with Crippen LogP contribution in [0, 0.1) is 6.92 Å². The molecule has 0 unspecified atom stereocenters. The van der Waals surface area contributed by atoms with Crippen LogP contribution >= 0.6 is 15.9 Å². The number of fused-ring (bicyclic) bond motifs is 3. The SMILES string of the molecule is Cc1c(Br)cccc1C=CCCNC(=O)OCC1c2ccccc2-c2ccccc21. The van der Waals surface area contributed by atoms with Crippen molar-refractivity contribution < 1.29 is 9.53 Å². The van der Waals surface area contributed by atoms with Gasteiger partial charge in [0.05, 0.1) is 0 Å². The first kappa shape index (κ1) is 20.4. The monoisotopic (exact) mass is 461 g/mol. The Kier molecular flexibility index (Phi) is 6.34. The van der Waals surface area contributed by atoms with E-state index in [0.29, 0.717) is 13.2 Å². The van der Waals surface area contributed by atoms with Gasteiger partial charge in [0, 0.05) is 16.9 Å². The summed E-state index contributed by atoms with van der Waals surface area (Å²) in [7, 11) is 0. The highest BCUT2D eigenvalue weighted by atomic mass is 79.9. The number of carbonyl (C=O) groups excluding carboxylic acids is 1. The number of alkyl carbamates (subject to hydrolysis) is 1. The van der Waals surface area contributed by atoms with E-state index in [-0.39, 0.29) is 12.0 Å². The van der Waals surface area contributed by atoms with Crippen molar-refractivity contribution in [3.8, 4) is 11.1 Å². The van der Waals surface area contributed by atoms with Crippen molar-refractivity contribution in [2.24, 2.45) is 0 Å². The molecular formula is C26H24BrNO2. The zero-order valence-electron chi connectivity index (χ0n) is 16.9. The van der Waals surface area contributed by atoms with Crippen molar-refractivity contribution in [3.05, 3.63) is 99.5 Å². The fourth-order valence-corrected chi connectivity index (χ4v) is 4.30. The maximum absolute atomic E-state index is 12.2. The van der Waals surface area contributed by atoms with Crippen LogP contribution in [0.25, 0.3) is 17.2 Å². The predicted molar refractivity (Wildman–Crippen MR) is 126 cm³/mol. The van der Waals surface area contributed by atoms with Gasteiger partial charge in [0.1, 0.15) is 6.61 Å². The zero-order valence-corrected chi connectivity index (χ0v) is 18.5. The normalized spacial score (nSPS) is 12.6. The molecule has 1 aliphatic carbocycles. The molecule has 0 radical (unpaired) electrons. The van der Waals surface area contributed by atoms with Crippen molar-refractivity contribution in [1.29, 1.82) is 0 Å². The molecule has 152 valence electrons. The zero-order chi connectivity index (χ0) is 20.9. The van der Waals surface area contributed by atoms with Crippen LogP contribution in [0.3, 0.4) is 0 Å². The molecule has 1 amide bonds. The molecule has 0 aromatic heterocycles. The number of hydrogen-bond acceptors (Lipinski definition) is 2. The van der Waals surface area contributed by atoms with E-state index < -0.39 is 0 Å². The topological polar surface area (TPSA) is 38.3 Å². The second kappa shape index (κ2) is 9.31. The summed E-state index contributed by atoms with van der Waals surface area (Å²) < 4.78 is 6.66. The first-order valence-corrected chi connectivity index (χ1v) is 10.9. The van der Waals surface area contributed by atoms with Gasteiger partial charge in [0.15, 0.2) is 0 Å². The lowest BCUT2D eigenvalue weighted by molar-refractivity contribution is 0.143. The molecule has 4 rings (SSSR count). The largest absolute Gasteiger partial charge is 0.449 e. The Bertz CT molecular complexity index is 1040. The highest BCUT2D eigenvalue weighted by Gasteiger charge is 2.28. The third kappa shape index (κ3) is 4.34. The Morgan fingerprint density at radius 3 is 2.37 bits per heavy atom. The summed E-state index contributed by atoms with van der Waals surface area (Å²) in [4.78, 5) is 12.2. The number of ether oxygens (including phenoxy) is 1. The van der Waals surface area contributed by atoms with Crippen LogP contribution in [0.1, 0.15) is 34.6 Å². The minimum atomic E-state index is -0.371. The quantitative estimate of drug-likeness (QED) is 0.414. The molecule has 0 aliphatic heterocycles. The summed E-state index contributed by atoms with van der Waals surface area (Å²) in [5, 5.41) is 2.85. The molecule has 1 aliphatic rings. The molecule has 0 spiro atoms. The number of carbonyl (C=O) groups is 1. The third-order valence-electron chi connectivity index (χ3n) is 5.53. The molecular weight excluding hydrogens is 438 g/mol. The van der Waals surface area contributed by atoms with E-state index in [1.807, 2.05) is 24.3 Å². The second-order valence-electron chi connectivity index (χ2n) is 7.40. The molecule has 0 saturated heterocycles. The van der Waals surface area contributed by atoms with Crippen LogP contribution in [0.5, 0.6) is 0 Å². The summed E-state index contributed by atoms with van der Waals surface area (Å²) in [6, 6.07) is 22.8. The number of benzene rings is 3. The summed E-state index contributed by atoms with van der Waals surface area (Å²) in [5.41, 5.74) is 7.28. The fraction of sp³-hybridized carbons (Fsp3) is 0.192. The average Bonchev–Trinajstić information content (AvgIpc) is 3.09. The van der Waals surface area contributed by atoms with Gasteiger partial charge in [-0.1, -0.05) is 88.7 Å². The standard InChI is InChI=1S/C26H24BrNO2/c1-18-19(10-8-15-25(18)27)9-6-7-16-28-26(29)30-17-24-22-13-4-2-11-20(22)21-12-3-5-14-23(21)24/h2-6,8-15,24H,7,16-17H2,1H3,(H,28,29). The molecule has 0 fully saturated rings. The molecule has 0 heterocycles. The van der Waals surface area contributed by atoms with Gasteiger partial charge in [-0.25, -0.2) is 4.79 Å². The first-order chi connectivity index (χ1) is 14.6. The molecule has 30 heavy (non-hydrogen) atoms. The Morgan fingerprint density at radius 2 is 1.67 bits per heavy atom. The highest BCUT2D eigenvalue weighted by molar-refractivity contribution is 9.10. The minimum absolute atomic E-state index is 0.0857. The number of hydrogen-bond donors (Lipinski definition) is 1. The molecule has 3 aromatic rings. The van der Waals surface area contributed by atoms with E-state index in [2.05, 4.69) is 82.8 Å². The number of nitrogens with one attached hydrogen (secondary N) is 1. The van der Waals surface area contributed by atoms with Gasteiger partial charge in [0.25, 0.3) is 0 Å². The van der Waals surface area contributed by atoms with Crippen molar-refractivity contribution in [2.75, 3.05) is 13.2 Å². The van der Waals surface area contributed by atoms with Crippen molar-refractivity contribution in [1.82, 2.24) is 5.32 Å². The van der Waals surface area contributed by atoms with Crippen molar-refractivity contribution in [3.63, 3.8) is 0 Å². The van der Waals surface area contributed by atoms with Crippen LogP contribution in [0.15, 0.2) is 77.3 Å². The Morgan fingerprint density at radius 1 is 1.00 bits per heavy atom. The molecule has 0 atom stereocenters. The van der Waals surface area contributed by atoms with Gasteiger partial charge in [-0.2, -0.15) is 0 Å². The molecule has 3 aromatic carbocycles. The van der Waals surface area contributed by atoms with Gasteiger partial charge in [0.2, 0.25) is 0 Å². The third-order valence-corrected chi connectivity index (χ3v) is 6.39. The van der Waals surface area contributed by atoms with E-state index in [0.717, 1.165) is 10.9 Å². The Hall–Kier alpha value is -2.85. The summed E-state index contributed by atoms with van der Waals surface area (Å²) in [6.45, 7) is 2.96. The lowest BCUT2D eigenvalue weighted by Crippen LogP contribution is -2.26. The van der Waals surface area contributed by atoms with Crippen LogP contribution < -0.4 is 5.32 Å². The molecule has 0 bridgehead atoms. The van der Waals surface area contributed by atoms with Crippen LogP contribution in [0.2, 0.25) is 0 Å². The van der Waals surface area contributed by atoms with Crippen LogP contribution in [0.4, 0.5) is 4.79 Å². The summed E-state index contributed by atoms with van der Waals surface area (Å²) >= 11 is 3.55. The lowest BCUT2D eigenvalue weighted by atomic mass is 9.98. The predicted octanol–water partition coefficient (Wildman–Crippen LogP) is 6.70. The van der Waals surface area contributed by atoms with Gasteiger partial charge >= 0.3 is 6.09 Å². The lowest BCUT2D eigenvalue weighted by Gasteiger charge is -2.14. The van der Waals surface area contributed by atoms with Gasteiger partial charge in [-0.3, -0.25) is 0 Å². The Balaban J connectivity index is 1.28. The average molecular weight is 462 g/mol. The van der Waals surface area contributed by atoms with Crippen molar-refractivity contribution in [2.45, 2.75) is 19.3 Å².